The zero-order valence-corrected chi connectivity index (χ0v) is 9.77. The summed E-state index contributed by atoms with van der Waals surface area (Å²) in [7, 11) is 0. The quantitative estimate of drug-likeness (QED) is 0.885. The second-order valence-electron chi connectivity index (χ2n) is 3.14. The molecule has 0 aliphatic rings. The first-order valence-corrected chi connectivity index (χ1v) is 5.19. The number of nitrogens with two attached hydrogens (primary N) is 1. The van der Waals surface area contributed by atoms with Gasteiger partial charge in [-0.3, -0.25) is 0 Å². The van der Waals surface area contributed by atoms with E-state index in [1.807, 2.05) is 6.07 Å². The number of halogens is 1. The van der Waals surface area contributed by atoms with Gasteiger partial charge in [0.1, 0.15) is 12.2 Å². The molecule has 1 rings (SSSR count). The van der Waals surface area contributed by atoms with E-state index in [9.17, 15) is 9.90 Å². The molecule has 0 saturated carbocycles. The first-order chi connectivity index (χ1) is 7.00. The van der Waals surface area contributed by atoms with Gasteiger partial charge < -0.3 is 15.6 Å². The average Bonchev–Trinajstić information content (AvgIpc) is 2.15. The molecule has 0 fully saturated rings. The van der Waals surface area contributed by atoms with Crippen molar-refractivity contribution in [2.24, 2.45) is 5.73 Å². The number of carbonyl (C=O) groups is 1. The number of ether oxygens (including phenoxy) is 1. The lowest BCUT2D eigenvalue weighted by Crippen LogP contribution is -2.25. The number of amides is 1. The molecule has 3 N–H and O–H groups in total. The molecule has 0 aliphatic carbocycles. The molecule has 0 saturated heterocycles. The van der Waals surface area contributed by atoms with E-state index in [0.717, 1.165) is 4.47 Å². The van der Waals surface area contributed by atoms with Crippen molar-refractivity contribution in [2.75, 3.05) is 0 Å². The summed E-state index contributed by atoms with van der Waals surface area (Å²) in [5.74, 6) is 0. The van der Waals surface area contributed by atoms with Crippen LogP contribution < -0.4 is 5.73 Å². The third kappa shape index (κ3) is 3.53. The second kappa shape index (κ2) is 5.14. The Morgan fingerprint density at radius 1 is 1.60 bits per heavy atom. The minimum atomic E-state index is -0.892. The number of hydrogen-bond acceptors (Lipinski definition) is 3. The fraction of sp³-hybridized carbons (Fsp3) is 0.300. The van der Waals surface area contributed by atoms with Gasteiger partial charge in [0, 0.05) is 4.47 Å². The zero-order valence-electron chi connectivity index (χ0n) is 8.18. The number of rotatable bonds is 3. The molecule has 0 radical (unpaired) electrons. The van der Waals surface area contributed by atoms with Gasteiger partial charge in [0.05, 0.1) is 0 Å². The van der Waals surface area contributed by atoms with Gasteiger partial charge in [0.25, 0.3) is 0 Å². The summed E-state index contributed by atoms with van der Waals surface area (Å²) >= 11 is 3.29. The second-order valence-corrected chi connectivity index (χ2v) is 4.06. The molecule has 82 valence electrons. The lowest BCUT2D eigenvalue weighted by molar-refractivity contribution is 0.0157. The Bertz CT molecular complexity index is 356. The van der Waals surface area contributed by atoms with Gasteiger partial charge in [-0.15, -0.1) is 0 Å². The molecule has 5 heteroatoms. The minimum absolute atomic E-state index is 0.665. The van der Waals surface area contributed by atoms with Gasteiger partial charge in [-0.2, -0.15) is 0 Å². The Morgan fingerprint density at radius 3 is 2.80 bits per heavy atom. The van der Waals surface area contributed by atoms with E-state index in [4.69, 9.17) is 5.73 Å². The molecule has 1 aromatic rings. The first kappa shape index (κ1) is 12.0. The third-order valence-corrected chi connectivity index (χ3v) is 2.43. The fourth-order valence-electron chi connectivity index (χ4n) is 1.21. The Morgan fingerprint density at radius 2 is 2.27 bits per heavy atom. The summed E-state index contributed by atoms with van der Waals surface area (Å²) in [5, 5.41) is 9.81. The van der Waals surface area contributed by atoms with Crippen molar-refractivity contribution in [1.29, 1.82) is 0 Å². The van der Waals surface area contributed by atoms with Crippen molar-refractivity contribution < 1.29 is 14.6 Å². The topological polar surface area (TPSA) is 72.5 Å². The molecule has 0 bridgehead atoms. The van der Waals surface area contributed by atoms with Gasteiger partial charge in [-0.05, 0) is 24.6 Å². The highest BCUT2D eigenvalue weighted by Gasteiger charge is 2.19. The summed E-state index contributed by atoms with van der Waals surface area (Å²) in [6, 6.07) is 7.14. The van der Waals surface area contributed by atoms with Crippen LogP contribution in [0.4, 0.5) is 4.79 Å². The predicted molar refractivity (Wildman–Crippen MR) is 59.2 cm³/mol. The van der Waals surface area contributed by atoms with Gasteiger partial charge in [0.15, 0.2) is 0 Å². The predicted octanol–water partition coefficient (Wildman–Crippen LogP) is 1.97. The van der Waals surface area contributed by atoms with Crippen LogP contribution in [0.1, 0.15) is 18.6 Å². The molecule has 4 nitrogen and oxygen atoms in total. The fourth-order valence-corrected chi connectivity index (χ4v) is 1.63. The maximum absolute atomic E-state index is 10.5. The minimum Gasteiger partial charge on any atom is -0.444 e. The van der Waals surface area contributed by atoms with E-state index < -0.39 is 18.3 Å². The standard InChI is InChI=1S/C10H12BrNO3/c1-6(15-10(12)14)9(13)7-3-2-4-8(11)5-7/h2-6,9,13H,1H3,(H2,12,14)/t6-,9+/m0/s1. The average molecular weight is 274 g/mol. The molecule has 0 aromatic heterocycles. The van der Waals surface area contributed by atoms with Crippen LogP contribution in [0.5, 0.6) is 0 Å². The van der Waals surface area contributed by atoms with Gasteiger partial charge in [-0.25, -0.2) is 4.79 Å². The Kier molecular flexibility index (Phi) is 4.11. The van der Waals surface area contributed by atoms with Crippen molar-refractivity contribution in [1.82, 2.24) is 0 Å². The van der Waals surface area contributed by atoms with E-state index in [2.05, 4.69) is 20.7 Å². The number of benzene rings is 1. The third-order valence-electron chi connectivity index (χ3n) is 1.94. The zero-order chi connectivity index (χ0) is 11.4. The molecule has 0 unspecified atom stereocenters. The van der Waals surface area contributed by atoms with E-state index in [-0.39, 0.29) is 0 Å². The van der Waals surface area contributed by atoms with Crippen molar-refractivity contribution in [3.05, 3.63) is 34.3 Å². The number of carbonyl (C=O) groups excluding carboxylic acids is 1. The maximum atomic E-state index is 10.5. The summed E-state index contributed by atoms with van der Waals surface area (Å²) in [4.78, 5) is 10.5. The largest absolute Gasteiger partial charge is 0.444 e. The smallest absolute Gasteiger partial charge is 0.404 e. The SMILES string of the molecule is C[C@H](OC(N)=O)[C@@H](O)c1cccc(Br)c1. The Hall–Kier alpha value is -1.07. The number of hydrogen-bond donors (Lipinski definition) is 2. The van der Waals surface area contributed by atoms with Crippen LogP contribution in [0.25, 0.3) is 0 Å². The van der Waals surface area contributed by atoms with Crippen LogP contribution in [0.15, 0.2) is 28.7 Å². The summed E-state index contributed by atoms with van der Waals surface area (Å²) in [5.41, 5.74) is 5.52. The van der Waals surface area contributed by atoms with E-state index in [1.165, 1.54) is 0 Å². The van der Waals surface area contributed by atoms with Crippen molar-refractivity contribution in [3.63, 3.8) is 0 Å². The van der Waals surface area contributed by atoms with Crippen LogP contribution in [-0.4, -0.2) is 17.3 Å². The first-order valence-electron chi connectivity index (χ1n) is 4.40. The highest BCUT2D eigenvalue weighted by Crippen LogP contribution is 2.22. The lowest BCUT2D eigenvalue weighted by Gasteiger charge is -2.18. The van der Waals surface area contributed by atoms with E-state index >= 15 is 0 Å². The van der Waals surface area contributed by atoms with Crippen LogP contribution in [0, 0.1) is 0 Å². The molecular formula is C10H12BrNO3. The van der Waals surface area contributed by atoms with Crippen molar-refractivity contribution in [2.45, 2.75) is 19.1 Å². The molecule has 0 spiro atoms. The number of primary amides is 1. The highest BCUT2D eigenvalue weighted by atomic mass is 79.9. The van der Waals surface area contributed by atoms with E-state index in [0.29, 0.717) is 5.56 Å². The van der Waals surface area contributed by atoms with E-state index in [1.54, 1.807) is 25.1 Å². The monoisotopic (exact) mass is 273 g/mol. The molecule has 2 atom stereocenters. The molecular weight excluding hydrogens is 262 g/mol. The van der Waals surface area contributed by atoms with Gasteiger partial charge in [-0.1, -0.05) is 28.1 Å². The van der Waals surface area contributed by atoms with Crippen molar-refractivity contribution in [3.8, 4) is 0 Å². The van der Waals surface area contributed by atoms with Crippen LogP contribution in [-0.2, 0) is 4.74 Å². The Balaban J connectivity index is 2.75. The lowest BCUT2D eigenvalue weighted by atomic mass is 10.1. The van der Waals surface area contributed by atoms with Gasteiger partial charge >= 0.3 is 6.09 Å². The number of aliphatic hydroxyl groups is 1. The highest BCUT2D eigenvalue weighted by molar-refractivity contribution is 9.10. The van der Waals surface area contributed by atoms with Crippen LogP contribution in [0.2, 0.25) is 0 Å². The van der Waals surface area contributed by atoms with Gasteiger partial charge in [0.2, 0.25) is 0 Å². The summed E-state index contributed by atoms with van der Waals surface area (Å²) < 4.78 is 5.53. The maximum Gasteiger partial charge on any atom is 0.404 e. The summed E-state index contributed by atoms with van der Waals surface area (Å²) in [6.07, 6.45) is -2.44. The van der Waals surface area contributed by atoms with Crippen LogP contribution in [0.3, 0.4) is 0 Å². The Labute approximate surface area is 96.2 Å². The molecule has 0 heterocycles. The number of aliphatic hydroxyl groups excluding tert-OH is 1. The molecule has 15 heavy (non-hydrogen) atoms. The normalized spacial score (nSPS) is 14.3. The molecule has 1 amide bonds. The van der Waals surface area contributed by atoms with Crippen molar-refractivity contribution >= 4 is 22.0 Å². The molecule has 0 aliphatic heterocycles. The molecule has 1 aromatic carbocycles. The van der Waals surface area contributed by atoms with Crippen LogP contribution >= 0.6 is 15.9 Å². The summed E-state index contributed by atoms with van der Waals surface area (Å²) in [6.45, 7) is 1.58.